The lowest BCUT2D eigenvalue weighted by Crippen LogP contribution is -1.86. The van der Waals surface area contributed by atoms with Gasteiger partial charge in [0.25, 0.3) is 0 Å². The second-order valence-corrected chi connectivity index (χ2v) is 4.15. The lowest BCUT2D eigenvalue weighted by molar-refractivity contribution is 0.482. The van der Waals surface area contributed by atoms with Crippen molar-refractivity contribution in [3.8, 4) is 11.5 Å². The maximum Gasteiger partial charge on any atom is 0.147 e. The summed E-state index contributed by atoms with van der Waals surface area (Å²) in [5, 5.41) is 0.910. The Balaban J connectivity index is 2.31. The Bertz CT molecular complexity index is 509. The van der Waals surface area contributed by atoms with E-state index in [-0.39, 0.29) is 0 Å². The first-order valence-electron chi connectivity index (χ1n) is 4.77. The molecule has 2 aromatic rings. The SMILES string of the molecule is Cc1[c]ccc(Oc2cccc(Cl)c2Cl)c1. The van der Waals surface area contributed by atoms with Crippen LogP contribution in [0.15, 0.2) is 36.4 Å². The van der Waals surface area contributed by atoms with Crippen molar-refractivity contribution in [2.24, 2.45) is 0 Å². The molecule has 1 radical (unpaired) electrons. The molecular weight excluding hydrogens is 243 g/mol. The summed E-state index contributed by atoms with van der Waals surface area (Å²) in [7, 11) is 0. The fourth-order valence-corrected chi connectivity index (χ4v) is 1.64. The van der Waals surface area contributed by atoms with Gasteiger partial charge in [0, 0.05) is 0 Å². The molecular formula is C13H9Cl2O. The molecule has 0 bridgehead atoms. The van der Waals surface area contributed by atoms with Crippen LogP contribution in [0.5, 0.6) is 11.5 Å². The van der Waals surface area contributed by atoms with Crippen LogP contribution in [0, 0.1) is 13.0 Å². The van der Waals surface area contributed by atoms with E-state index in [0.717, 1.165) is 11.3 Å². The van der Waals surface area contributed by atoms with Crippen LogP contribution in [0.1, 0.15) is 5.56 Å². The third kappa shape index (κ3) is 2.49. The van der Waals surface area contributed by atoms with E-state index in [2.05, 4.69) is 6.07 Å². The highest BCUT2D eigenvalue weighted by atomic mass is 35.5. The van der Waals surface area contributed by atoms with Gasteiger partial charge in [-0.3, -0.25) is 0 Å². The Morgan fingerprint density at radius 1 is 1.19 bits per heavy atom. The topological polar surface area (TPSA) is 9.23 Å². The molecule has 1 nitrogen and oxygen atoms in total. The van der Waals surface area contributed by atoms with Crippen molar-refractivity contribution >= 4 is 23.2 Å². The molecule has 0 saturated heterocycles. The standard InChI is InChI=1S/C13H9Cl2O/c1-9-4-2-5-10(8-9)16-12-7-3-6-11(14)13(12)15/h2-3,5-8H,1H3. The first-order chi connectivity index (χ1) is 7.66. The summed E-state index contributed by atoms with van der Waals surface area (Å²) < 4.78 is 5.63. The van der Waals surface area contributed by atoms with Crippen LogP contribution in [0.2, 0.25) is 10.0 Å². The molecule has 0 amide bonds. The van der Waals surface area contributed by atoms with Crippen molar-refractivity contribution in [2.75, 3.05) is 0 Å². The summed E-state index contributed by atoms with van der Waals surface area (Å²) in [6, 6.07) is 13.9. The maximum absolute atomic E-state index is 6.02. The van der Waals surface area contributed by atoms with Crippen molar-refractivity contribution in [3.63, 3.8) is 0 Å². The number of benzene rings is 2. The second-order valence-electron chi connectivity index (χ2n) is 3.36. The third-order valence-electron chi connectivity index (χ3n) is 2.06. The van der Waals surface area contributed by atoms with E-state index in [1.807, 2.05) is 25.1 Å². The van der Waals surface area contributed by atoms with E-state index in [9.17, 15) is 0 Å². The van der Waals surface area contributed by atoms with E-state index >= 15 is 0 Å². The maximum atomic E-state index is 6.02. The van der Waals surface area contributed by atoms with Crippen molar-refractivity contribution in [2.45, 2.75) is 6.92 Å². The molecule has 0 atom stereocenters. The first kappa shape index (κ1) is 11.3. The average Bonchev–Trinajstić information content (AvgIpc) is 2.25. The highest BCUT2D eigenvalue weighted by molar-refractivity contribution is 6.42. The lowest BCUT2D eigenvalue weighted by atomic mass is 10.2. The first-order valence-corrected chi connectivity index (χ1v) is 5.52. The fourth-order valence-electron chi connectivity index (χ4n) is 1.31. The number of ether oxygens (including phenoxy) is 1. The molecule has 0 aliphatic heterocycles. The van der Waals surface area contributed by atoms with Crippen LogP contribution in [-0.4, -0.2) is 0 Å². The van der Waals surface area contributed by atoms with E-state index in [4.69, 9.17) is 27.9 Å². The molecule has 0 heterocycles. The van der Waals surface area contributed by atoms with Crippen LogP contribution in [0.3, 0.4) is 0 Å². The zero-order valence-corrected chi connectivity index (χ0v) is 10.1. The number of halogens is 2. The van der Waals surface area contributed by atoms with Crippen LogP contribution in [0.25, 0.3) is 0 Å². The highest BCUT2D eigenvalue weighted by Crippen LogP contribution is 2.34. The molecule has 0 aliphatic rings. The smallest absolute Gasteiger partial charge is 0.147 e. The van der Waals surface area contributed by atoms with Crippen molar-refractivity contribution in [1.82, 2.24) is 0 Å². The Morgan fingerprint density at radius 3 is 2.75 bits per heavy atom. The van der Waals surface area contributed by atoms with E-state index < -0.39 is 0 Å². The summed E-state index contributed by atoms with van der Waals surface area (Å²) in [5.74, 6) is 1.28. The monoisotopic (exact) mass is 251 g/mol. The molecule has 0 fully saturated rings. The highest BCUT2D eigenvalue weighted by Gasteiger charge is 2.06. The van der Waals surface area contributed by atoms with Crippen LogP contribution >= 0.6 is 23.2 Å². The lowest BCUT2D eigenvalue weighted by Gasteiger charge is -2.08. The van der Waals surface area contributed by atoms with Crippen LogP contribution < -0.4 is 4.74 Å². The van der Waals surface area contributed by atoms with Crippen molar-refractivity contribution in [3.05, 3.63) is 58.1 Å². The molecule has 0 aliphatic carbocycles. The molecule has 81 valence electrons. The van der Waals surface area contributed by atoms with Gasteiger partial charge >= 0.3 is 0 Å². The van der Waals surface area contributed by atoms with Gasteiger partial charge in [-0.2, -0.15) is 0 Å². The minimum absolute atomic E-state index is 0.426. The number of aryl methyl sites for hydroxylation is 1. The van der Waals surface area contributed by atoms with Crippen molar-refractivity contribution < 1.29 is 4.74 Å². The van der Waals surface area contributed by atoms with Gasteiger partial charge in [0.2, 0.25) is 0 Å². The summed E-state index contributed by atoms with van der Waals surface area (Å²) in [6.07, 6.45) is 0. The van der Waals surface area contributed by atoms with Gasteiger partial charge in [-0.05, 0) is 42.8 Å². The van der Waals surface area contributed by atoms with Gasteiger partial charge in [-0.25, -0.2) is 0 Å². The Labute approximate surface area is 105 Å². The zero-order chi connectivity index (χ0) is 11.5. The van der Waals surface area contributed by atoms with Crippen molar-refractivity contribution in [1.29, 1.82) is 0 Å². The molecule has 0 saturated carbocycles. The van der Waals surface area contributed by atoms with Gasteiger partial charge in [-0.1, -0.05) is 35.3 Å². The molecule has 0 unspecified atom stereocenters. The second kappa shape index (κ2) is 4.77. The predicted octanol–water partition coefficient (Wildman–Crippen LogP) is 4.89. The quantitative estimate of drug-likeness (QED) is 0.738. The molecule has 16 heavy (non-hydrogen) atoms. The van der Waals surface area contributed by atoms with Gasteiger partial charge in [-0.15, -0.1) is 0 Å². The van der Waals surface area contributed by atoms with Crippen LogP contribution in [-0.2, 0) is 0 Å². The summed E-state index contributed by atoms with van der Waals surface area (Å²) in [5.41, 5.74) is 1.01. The van der Waals surface area contributed by atoms with Gasteiger partial charge in [0.05, 0.1) is 5.02 Å². The molecule has 0 spiro atoms. The summed E-state index contributed by atoms with van der Waals surface area (Å²) in [6.45, 7) is 1.95. The van der Waals surface area contributed by atoms with Crippen LogP contribution in [0.4, 0.5) is 0 Å². The number of rotatable bonds is 2. The van der Waals surface area contributed by atoms with E-state index in [1.165, 1.54) is 0 Å². The molecule has 2 rings (SSSR count). The summed E-state index contributed by atoms with van der Waals surface area (Å²) >= 11 is 11.9. The largest absolute Gasteiger partial charge is 0.456 e. The Kier molecular flexibility index (Phi) is 3.37. The minimum Gasteiger partial charge on any atom is -0.456 e. The molecule has 3 heteroatoms. The van der Waals surface area contributed by atoms with E-state index in [0.29, 0.717) is 15.8 Å². The minimum atomic E-state index is 0.426. The molecule has 2 aromatic carbocycles. The van der Waals surface area contributed by atoms with Gasteiger partial charge in [0.1, 0.15) is 16.5 Å². The van der Waals surface area contributed by atoms with E-state index in [1.54, 1.807) is 18.2 Å². The average molecular weight is 252 g/mol. The Morgan fingerprint density at radius 2 is 2.00 bits per heavy atom. The van der Waals surface area contributed by atoms with Gasteiger partial charge in [0.15, 0.2) is 0 Å². The third-order valence-corrected chi connectivity index (χ3v) is 2.86. The molecule has 0 aromatic heterocycles. The molecule has 0 N–H and O–H groups in total. The van der Waals surface area contributed by atoms with Gasteiger partial charge < -0.3 is 4.74 Å². The number of hydrogen-bond acceptors (Lipinski definition) is 1. The normalized spacial score (nSPS) is 10.2. The fraction of sp³-hybridized carbons (Fsp3) is 0.0769. The number of hydrogen-bond donors (Lipinski definition) is 0. The Hall–Kier alpha value is -1.18. The predicted molar refractivity (Wildman–Crippen MR) is 66.6 cm³/mol. The zero-order valence-electron chi connectivity index (χ0n) is 8.63. The summed E-state index contributed by atoms with van der Waals surface area (Å²) in [4.78, 5) is 0.